The first-order valence-electron chi connectivity index (χ1n) is 9.20. The van der Waals surface area contributed by atoms with Crippen LogP contribution in [-0.4, -0.2) is 23.3 Å². The largest absolute Gasteiger partial charge is 0.467 e. The highest BCUT2D eigenvalue weighted by Crippen LogP contribution is 2.31. The minimum Gasteiger partial charge on any atom is -0.467 e. The van der Waals surface area contributed by atoms with Gasteiger partial charge in [-0.25, -0.2) is 0 Å². The number of carbonyl (C=O) groups excluding carboxylic acids is 2. The topological polar surface area (TPSA) is 75.7 Å². The molecule has 1 N–H and O–H groups in total. The van der Waals surface area contributed by atoms with Crippen molar-refractivity contribution in [2.75, 3.05) is 11.9 Å². The fourth-order valence-electron chi connectivity index (χ4n) is 3.74. The van der Waals surface area contributed by atoms with Crippen molar-refractivity contribution in [2.24, 2.45) is 5.92 Å². The van der Waals surface area contributed by atoms with E-state index in [0.29, 0.717) is 24.5 Å². The third kappa shape index (κ3) is 2.93. The molecule has 0 radical (unpaired) electrons. The monoisotopic (exact) mass is 374 g/mol. The number of furan rings is 2. The van der Waals surface area contributed by atoms with Crippen molar-refractivity contribution >= 4 is 39.4 Å². The third-order valence-corrected chi connectivity index (χ3v) is 5.16. The van der Waals surface area contributed by atoms with Crippen LogP contribution in [0.25, 0.3) is 21.9 Å². The zero-order valence-corrected chi connectivity index (χ0v) is 15.1. The highest BCUT2D eigenvalue weighted by Gasteiger charge is 2.34. The summed E-state index contributed by atoms with van der Waals surface area (Å²) in [5, 5.41) is 4.91. The maximum absolute atomic E-state index is 12.7. The van der Waals surface area contributed by atoms with Gasteiger partial charge in [0, 0.05) is 29.4 Å². The molecule has 0 bridgehead atoms. The molecule has 6 nitrogen and oxygen atoms in total. The summed E-state index contributed by atoms with van der Waals surface area (Å²) < 4.78 is 11.1. The predicted octanol–water partition coefficient (Wildman–Crippen LogP) is 4.17. The van der Waals surface area contributed by atoms with Gasteiger partial charge < -0.3 is 19.1 Å². The summed E-state index contributed by atoms with van der Waals surface area (Å²) in [4.78, 5) is 26.6. The molecule has 2 aromatic carbocycles. The van der Waals surface area contributed by atoms with Crippen LogP contribution in [0.15, 0.2) is 69.7 Å². The van der Waals surface area contributed by atoms with Gasteiger partial charge in [0.05, 0.1) is 18.7 Å². The summed E-state index contributed by atoms with van der Waals surface area (Å²) in [6, 6.07) is 17.0. The number of benzene rings is 2. The number of anilines is 1. The predicted molar refractivity (Wildman–Crippen MR) is 105 cm³/mol. The third-order valence-electron chi connectivity index (χ3n) is 5.16. The second-order valence-electron chi connectivity index (χ2n) is 7.05. The SMILES string of the molecule is O=C(Nc1ccc2oc3ccccc3c2c1)C1CC(=O)N(Cc2ccco2)C1. The van der Waals surface area contributed by atoms with Gasteiger partial charge in [0.2, 0.25) is 11.8 Å². The standard InChI is InChI=1S/C22H18N2O4/c25-21-10-14(12-24(21)13-16-4-3-9-27-16)22(26)23-15-7-8-20-18(11-15)17-5-1-2-6-19(17)28-20/h1-9,11,14H,10,12-13H2,(H,23,26). The Balaban J connectivity index is 1.32. The highest BCUT2D eigenvalue weighted by molar-refractivity contribution is 6.07. The van der Waals surface area contributed by atoms with Crippen molar-refractivity contribution in [1.82, 2.24) is 4.90 Å². The molecule has 28 heavy (non-hydrogen) atoms. The van der Waals surface area contributed by atoms with E-state index in [4.69, 9.17) is 8.83 Å². The van der Waals surface area contributed by atoms with E-state index in [0.717, 1.165) is 21.9 Å². The number of rotatable bonds is 4. The average Bonchev–Trinajstić information content (AvgIpc) is 3.41. The van der Waals surface area contributed by atoms with Gasteiger partial charge in [-0.2, -0.15) is 0 Å². The van der Waals surface area contributed by atoms with Crippen LogP contribution < -0.4 is 5.32 Å². The van der Waals surface area contributed by atoms with Crippen molar-refractivity contribution < 1.29 is 18.4 Å². The molecule has 1 aliphatic rings. The van der Waals surface area contributed by atoms with Crippen molar-refractivity contribution in [3.05, 3.63) is 66.6 Å². The van der Waals surface area contributed by atoms with Crippen molar-refractivity contribution in [2.45, 2.75) is 13.0 Å². The van der Waals surface area contributed by atoms with E-state index in [1.165, 1.54) is 0 Å². The van der Waals surface area contributed by atoms with Crippen LogP contribution in [-0.2, 0) is 16.1 Å². The molecule has 2 amide bonds. The number of amides is 2. The fourth-order valence-corrected chi connectivity index (χ4v) is 3.74. The van der Waals surface area contributed by atoms with Gasteiger partial charge in [0.15, 0.2) is 0 Å². The minimum atomic E-state index is -0.376. The van der Waals surface area contributed by atoms with Crippen LogP contribution in [0.5, 0.6) is 0 Å². The molecule has 3 heterocycles. The van der Waals surface area contributed by atoms with Gasteiger partial charge in [0.25, 0.3) is 0 Å². The molecule has 1 fully saturated rings. The number of carbonyl (C=O) groups is 2. The zero-order valence-electron chi connectivity index (χ0n) is 15.1. The first kappa shape index (κ1) is 16.6. The normalized spacial score (nSPS) is 16.9. The van der Waals surface area contributed by atoms with Gasteiger partial charge in [-0.1, -0.05) is 18.2 Å². The Morgan fingerprint density at radius 2 is 1.93 bits per heavy atom. The van der Waals surface area contributed by atoms with Gasteiger partial charge in [0.1, 0.15) is 16.9 Å². The Bertz CT molecular complexity index is 1180. The molecular weight excluding hydrogens is 356 g/mol. The second kappa shape index (κ2) is 6.56. The lowest BCUT2D eigenvalue weighted by atomic mass is 10.1. The summed E-state index contributed by atoms with van der Waals surface area (Å²) in [6.45, 7) is 0.783. The molecule has 140 valence electrons. The number of hydrogen-bond donors (Lipinski definition) is 1. The van der Waals surface area contributed by atoms with E-state index in [-0.39, 0.29) is 24.2 Å². The van der Waals surface area contributed by atoms with Crippen LogP contribution in [0.3, 0.4) is 0 Å². The van der Waals surface area contributed by atoms with E-state index >= 15 is 0 Å². The Hall–Kier alpha value is -3.54. The van der Waals surface area contributed by atoms with E-state index in [9.17, 15) is 9.59 Å². The molecule has 1 unspecified atom stereocenters. The van der Waals surface area contributed by atoms with Crippen LogP contribution in [0.2, 0.25) is 0 Å². The molecule has 0 spiro atoms. The van der Waals surface area contributed by atoms with Crippen molar-refractivity contribution in [3.8, 4) is 0 Å². The first-order chi connectivity index (χ1) is 13.7. The van der Waals surface area contributed by atoms with E-state index < -0.39 is 0 Å². The molecule has 5 rings (SSSR count). The van der Waals surface area contributed by atoms with Crippen molar-refractivity contribution in [3.63, 3.8) is 0 Å². The number of fused-ring (bicyclic) bond motifs is 3. The Morgan fingerprint density at radius 1 is 1.07 bits per heavy atom. The second-order valence-corrected chi connectivity index (χ2v) is 7.05. The Kier molecular flexibility index (Phi) is 3.90. The molecule has 1 atom stereocenters. The molecular formula is C22H18N2O4. The number of likely N-dealkylation sites (tertiary alicyclic amines) is 1. The highest BCUT2D eigenvalue weighted by atomic mass is 16.3. The smallest absolute Gasteiger partial charge is 0.229 e. The van der Waals surface area contributed by atoms with Crippen LogP contribution >= 0.6 is 0 Å². The van der Waals surface area contributed by atoms with Gasteiger partial charge in [-0.15, -0.1) is 0 Å². The van der Waals surface area contributed by atoms with Gasteiger partial charge in [-0.3, -0.25) is 9.59 Å². The maximum atomic E-state index is 12.7. The van der Waals surface area contributed by atoms with Crippen LogP contribution in [0.4, 0.5) is 5.69 Å². The quantitative estimate of drug-likeness (QED) is 0.582. The summed E-state index contributed by atoms with van der Waals surface area (Å²) >= 11 is 0. The minimum absolute atomic E-state index is 0.0344. The molecule has 4 aromatic rings. The van der Waals surface area contributed by atoms with Crippen molar-refractivity contribution in [1.29, 1.82) is 0 Å². The van der Waals surface area contributed by atoms with E-state index in [1.54, 1.807) is 17.2 Å². The molecule has 6 heteroatoms. The van der Waals surface area contributed by atoms with Crippen LogP contribution in [0.1, 0.15) is 12.2 Å². The average molecular weight is 374 g/mol. The van der Waals surface area contributed by atoms with Gasteiger partial charge in [-0.05, 0) is 36.4 Å². The lowest BCUT2D eigenvalue weighted by Crippen LogP contribution is -2.27. The lowest BCUT2D eigenvalue weighted by molar-refractivity contribution is -0.128. The number of hydrogen-bond acceptors (Lipinski definition) is 4. The lowest BCUT2D eigenvalue weighted by Gasteiger charge is -2.15. The number of nitrogens with one attached hydrogen (secondary N) is 1. The summed E-state index contributed by atoms with van der Waals surface area (Å²) in [5.74, 6) is 0.154. The van der Waals surface area contributed by atoms with Crippen LogP contribution in [0, 0.1) is 5.92 Å². The zero-order chi connectivity index (χ0) is 19.1. The summed E-state index contributed by atoms with van der Waals surface area (Å²) in [5.41, 5.74) is 2.29. The molecule has 0 aliphatic carbocycles. The first-order valence-corrected chi connectivity index (χ1v) is 9.20. The van der Waals surface area contributed by atoms with E-state index in [1.807, 2.05) is 48.5 Å². The number of para-hydroxylation sites is 1. The summed E-state index contributed by atoms with van der Waals surface area (Å²) in [7, 11) is 0. The fraction of sp³-hybridized carbons (Fsp3) is 0.182. The maximum Gasteiger partial charge on any atom is 0.229 e. The van der Waals surface area contributed by atoms with E-state index in [2.05, 4.69) is 5.32 Å². The van der Waals surface area contributed by atoms with Gasteiger partial charge >= 0.3 is 0 Å². The Labute approximate surface area is 160 Å². The molecule has 0 saturated carbocycles. The number of nitrogens with zero attached hydrogens (tertiary/aromatic N) is 1. The molecule has 2 aromatic heterocycles. The summed E-state index contributed by atoms with van der Waals surface area (Å²) in [6.07, 6.45) is 1.79. The molecule has 1 aliphatic heterocycles. The Morgan fingerprint density at radius 3 is 2.79 bits per heavy atom. The molecule has 1 saturated heterocycles.